The molecule has 1 unspecified atom stereocenters. The van der Waals surface area contributed by atoms with E-state index >= 15 is 0 Å². The molecule has 1 aromatic heterocycles. The van der Waals surface area contributed by atoms with Crippen LogP contribution >= 0.6 is 0 Å². The molecule has 2 aromatic rings. The lowest BCUT2D eigenvalue weighted by atomic mass is 10.1. The SMILES string of the molecule is COC(=O)c1ccc(CS(=O)(=O)NC(C)Cn2cncn2)cc1. The summed E-state index contributed by atoms with van der Waals surface area (Å²) in [6.07, 6.45) is 2.92. The van der Waals surface area contributed by atoms with Gasteiger partial charge >= 0.3 is 5.97 Å². The number of nitrogens with zero attached hydrogens (tertiary/aromatic N) is 3. The molecule has 0 aliphatic rings. The number of carbonyl (C=O) groups excluding carboxylic acids is 1. The minimum absolute atomic E-state index is 0.170. The van der Waals surface area contributed by atoms with Gasteiger partial charge in [0, 0.05) is 6.04 Å². The second-order valence-corrected chi connectivity index (χ2v) is 6.84. The lowest BCUT2D eigenvalue weighted by molar-refractivity contribution is 0.0600. The van der Waals surface area contributed by atoms with Crippen LogP contribution in [-0.4, -0.2) is 42.3 Å². The topological polar surface area (TPSA) is 103 Å². The minimum Gasteiger partial charge on any atom is -0.465 e. The monoisotopic (exact) mass is 338 g/mol. The fraction of sp³-hybridized carbons (Fsp3) is 0.357. The van der Waals surface area contributed by atoms with Crippen LogP contribution in [0.1, 0.15) is 22.8 Å². The van der Waals surface area contributed by atoms with Crippen molar-refractivity contribution in [1.29, 1.82) is 0 Å². The number of aromatic nitrogens is 3. The number of rotatable bonds is 7. The zero-order chi connectivity index (χ0) is 16.9. The average Bonchev–Trinajstić information content (AvgIpc) is 2.98. The summed E-state index contributed by atoms with van der Waals surface area (Å²) < 4.78 is 33.1. The molecule has 0 saturated heterocycles. The van der Waals surface area contributed by atoms with Gasteiger partial charge in [0.05, 0.1) is 25.0 Å². The molecule has 23 heavy (non-hydrogen) atoms. The number of carbonyl (C=O) groups is 1. The Labute approximate surface area is 134 Å². The lowest BCUT2D eigenvalue weighted by Crippen LogP contribution is -2.36. The van der Waals surface area contributed by atoms with Crippen molar-refractivity contribution >= 4 is 16.0 Å². The number of hydrogen-bond donors (Lipinski definition) is 1. The van der Waals surface area contributed by atoms with Gasteiger partial charge in [-0.25, -0.2) is 22.9 Å². The highest BCUT2D eigenvalue weighted by Gasteiger charge is 2.16. The summed E-state index contributed by atoms with van der Waals surface area (Å²) in [5, 5.41) is 3.93. The molecule has 1 aromatic carbocycles. The molecule has 0 aliphatic heterocycles. The smallest absolute Gasteiger partial charge is 0.337 e. The van der Waals surface area contributed by atoms with Crippen molar-refractivity contribution in [2.24, 2.45) is 0 Å². The quantitative estimate of drug-likeness (QED) is 0.741. The largest absolute Gasteiger partial charge is 0.465 e. The van der Waals surface area contributed by atoms with E-state index in [4.69, 9.17) is 0 Å². The molecular formula is C14H18N4O4S. The zero-order valence-corrected chi connectivity index (χ0v) is 13.7. The normalized spacial score (nSPS) is 12.8. The molecule has 1 atom stereocenters. The molecule has 2 rings (SSSR count). The Morgan fingerprint density at radius 2 is 2.04 bits per heavy atom. The third kappa shape index (κ3) is 5.15. The number of esters is 1. The van der Waals surface area contributed by atoms with E-state index in [-0.39, 0.29) is 11.8 Å². The summed E-state index contributed by atoms with van der Waals surface area (Å²) in [6, 6.07) is 5.93. The highest BCUT2D eigenvalue weighted by molar-refractivity contribution is 7.88. The molecular weight excluding hydrogens is 320 g/mol. The Morgan fingerprint density at radius 3 is 2.61 bits per heavy atom. The standard InChI is InChI=1S/C14H18N4O4S/c1-11(7-18-10-15-9-16-18)17-23(20,21)8-12-3-5-13(6-4-12)14(19)22-2/h3-6,9-11,17H,7-8H2,1-2H3. The van der Waals surface area contributed by atoms with Gasteiger partial charge in [0.25, 0.3) is 0 Å². The Balaban J connectivity index is 1.96. The predicted molar refractivity (Wildman–Crippen MR) is 83.0 cm³/mol. The van der Waals surface area contributed by atoms with Crippen molar-refractivity contribution < 1.29 is 17.9 Å². The molecule has 124 valence electrons. The fourth-order valence-electron chi connectivity index (χ4n) is 2.07. The third-order valence-corrected chi connectivity index (χ3v) is 4.51. The van der Waals surface area contributed by atoms with Crippen molar-refractivity contribution in [3.63, 3.8) is 0 Å². The molecule has 0 fully saturated rings. The first-order valence-electron chi connectivity index (χ1n) is 6.89. The number of benzene rings is 1. The third-order valence-electron chi connectivity index (χ3n) is 3.04. The van der Waals surface area contributed by atoms with Gasteiger partial charge in [-0.2, -0.15) is 5.10 Å². The van der Waals surface area contributed by atoms with Crippen LogP contribution in [0.2, 0.25) is 0 Å². The maximum Gasteiger partial charge on any atom is 0.337 e. The molecule has 0 radical (unpaired) electrons. The molecule has 0 amide bonds. The van der Waals surface area contributed by atoms with Crippen LogP contribution in [0.4, 0.5) is 0 Å². The van der Waals surface area contributed by atoms with Crippen molar-refractivity contribution in [3.05, 3.63) is 48.0 Å². The molecule has 1 heterocycles. The van der Waals surface area contributed by atoms with Gasteiger partial charge in [0.2, 0.25) is 10.0 Å². The van der Waals surface area contributed by atoms with Crippen LogP contribution in [-0.2, 0) is 27.1 Å². The number of ether oxygens (including phenoxy) is 1. The van der Waals surface area contributed by atoms with Gasteiger partial charge in [-0.15, -0.1) is 0 Å². The lowest BCUT2D eigenvalue weighted by Gasteiger charge is -2.14. The summed E-state index contributed by atoms with van der Waals surface area (Å²) >= 11 is 0. The number of methoxy groups -OCH3 is 1. The van der Waals surface area contributed by atoms with Crippen molar-refractivity contribution in [2.75, 3.05) is 7.11 Å². The predicted octanol–water partition coefficient (Wildman–Crippen LogP) is 0.573. The Hall–Kier alpha value is -2.26. The highest BCUT2D eigenvalue weighted by atomic mass is 32.2. The Bertz CT molecular complexity index is 742. The Kier molecular flexibility index (Phi) is 5.45. The van der Waals surface area contributed by atoms with Crippen LogP contribution in [0.15, 0.2) is 36.9 Å². The van der Waals surface area contributed by atoms with Crippen molar-refractivity contribution in [3.8, 4) is 0 Å². The molecule has 0 spiro atoms. The van der Waals surface area contributed by atoms with Crippen LogP contribution < -0.4 is 4.72 Å². The number of nitrogens with one attached hydrogen (secondary N) is 1. The first-order chi connectivity index (χ1) is 10.9. The fourth-order valence-corrected chi connectivity index (χ4v) is 3.47. The van der Waals surface area contributed by atoms with E-state index in [1.54, 1.807) is 23.7 Å². The molecule has 1 N–H and O–H groups in total. The van der Waals surface area contributed by atoms with Gasteiger partial charge < -0.3 is 4.74 Å². The second-order valence-electron chi connectivity index (χ2n) is 5.08. The zero-order valence-electron chi connectivity index (χ0n) is 12.8. The van der Waals surface area contributed by atoms with Gasteiger partial charge in [-0.3, -0.25) is 4.68 Å². The second kappa shape index (κ2) is 7.34. The summed E-state index contributed by atoms with van der Waals surface area (Å²) in [4.78, 5) is 15.1. The van der Waals surface area contributed by atoms with Gasteiger partial charge in [0.15, 0.2) is 0 Å². The van der Waals surface area contributed by atoms with E-state index in [1.807, 2.05) is 0 Å². The average molecular weight is 338 g/mol. The summed E-state index contributed by atoms with van der Waals surface area (Å²) in [5.74, 6) is -0.630. The highest BCUT2D eigenvalue weighted by Crippen LogP contribution is 2.09. The number of sulfonamides is 1. The summed E-state index contributed by atoms with van der Waals surface area (Å²) in [6.45, 7) is 2.14. The minimum atomic E-state index is -3.50. The maximum atomic E-state index is 12.2. The van der Waals surface area contributed by atoms with Crippen LogP contribution in [0, 0.1) is 0 Å². The first-order valence-corrected chi connectivity index (χ1v) is 8.54. The maximum absolute atomic E-state index is 12.2. The van der Waals surface area contributed by atoms with E-state index in [9.17, 15) is 13.2 Å². The summed E-state index contributed by atoms with van der Waals surface area (Å²) in [7, 11) is -2.21. The van der Waals surface area contributed by atoms with E-state index in [0.29, 0.717) is 17.7 Å². The molecule has 0 aliphatic carbocycles. The van der Waals surface area contributed by atoms with Crippen LogP contribution in [0.5, 0.6) is 0 Å². The van der Waals surface area contributed by atoms with Crippen molar-refractivity contribution in [2.45, 2.75) is 25.3 Å². The molecule has 0 bridgehead atoms. The van der Waals surface area contributed by atoms with Gasteiger partial charge in [-0.05, 0) is 24.6 Å². The van der Waals surface area contributed by atoms with Crippen LogP contribution in [0.25, 0.3) is 0 Å². The summed E-state index contributed by atoms with van der Waals surface area (Å²) in [5.41, 5.74) is 0.958. The molecule has 0 saturated carbocycles. The van der Waals surface area contributed by atoms with E-state index in [1.165, 1.54) is 31.9 Å². The molecule has 9 heteroatoms. The van der Waals surface area contributed by atoms with E-state index in [2.05, 4.69) is 19.5 Å². The molecule has 8 nitrogen and oxygen atoms in total. The van der Waals surface area contributed by atoms with E-state index in [0.717, 1.165) is 0 Å². The van der Waals surface area contributed by atoms with Crippen LogP contribution in [0.3, 0.4) is 0 Å². The Morgan fingerprint density at radius 1 is 1.35 bits per heavy atom. The van der Waals surface area contributed by atoms with Gasteiger partial charge in [-0.1, -0.05) is 12.1 Å². The van der Waals surface area contributed by atoms with E-state index < -0.39 is 16.0 Å². The number of hydrogen-bond acceptors (Lipinski definition) is 6. The first kappa shape index (κ1) is 17.1. The van der Waals surface area contributed by atoms with Crippen molar-refractivity contribution in [1.82, 2.24) is 19.5 Å². The van der Waals surface area contributed by atoms with Gasteiger partial charge in [0.1, 0.15) is 12.7 Å².